The van der Waals surface area contributed by atoms with Crippen LogP contribution in [0.15, 0.2) is 36.9 Å². The SMILES string of the molecule is O=C(O)/C=C/c1cncc(-c2cncc(N3CCCNCC3)n2)c1. The first-order valence-corrected chi connectivity index (χ1v) is 7.86. The number of aliphatic carboxylic acids is 1. The molecule has 1 aliphatic rings. The zero-order chi connectivity index (χ0) is 16.8. The normalized spacial score (nSPS) is 15.4. The summed E-state index contributed by atoms with van der Waals surface area (Å²) in [4.78, 5) is 26.0. The number of nitrogens with one attached hydrogen (secondary N) is 1. The van der Waals surface area contributed by atoms with Gasteiger partial charge in [0.15, 0.2) is 0 Å². The molecule has 1 saturated heterocycles. The van der Waals surface area contributed by atoms with Crippen LogP contribution in [0.1, 0.15) is 12.0 Å². The number of carboxylic acid groups (broad SMARTS) is 1. The van der Waals surface area contributed by atoms with E-state index in [0.717, 1.165) is 55.8 Å². The molecule has 0 aromatic carbocycles. The van der Waals surface area contributed by atoms with Gasteiger partial charge in [-0.05, 0) is 30.7 Å². The number of carbonyl (C=O) groups is 1. The molecule has 0 bridgehead atoms. The van der Waals surface area contributed by atoms with E-state index in [4.69, 9.17) is 10.1 Å². The molecule has 0 spiro atoms. The van der Waals surface area contributed by atoms with Crippen LogP contribution < -0.4 is 10.2 Å². The molecule has 24 heavy (non-hydrogen) atoms. The molecule has 0 unspecified atom stereocenters. The summed E-state index contributed by atoms with van der Waals surface area (Å²) in [5.74, 6) is -0.139. The van der Waals surface area contributed by atoms with Gasteiger partial charge in [0.2, 0.25) is 0 Å². The highest BCUT2D eigenvalue weighted by atomic mass is 16.4. The Morgan fingerprint density at radius 2 is 2.04 bits per heavy atom. The largest absolute Gasteiger partial charge is 0.478 e. The summed E-state index contributed by atoms with van der Waals surface area (Å²) in [5.41, 5.74) is 2.24. The average molecular weight is 325 g/mol. The molecule has 1 fully saturated rings. The lowest BCUT2D eigenvalue weighted by Crippen LogP contribution is -2.28. The maximum Gasteiger partial charge on any atom is 0.328 e. The molecule has 0 radical (unpaired) electrons. The van der Waals surface area contributed by atoms with Crippen molar-refractivity contribution in [3.05, 3.63) is 42.5 Å². The number of hydrogen-bond acceptors (Lipinski definition) is 6. The van der Waals surface area contributed by atoms with Gasteiger partial charge in [0.1, 0.15) is 5.82 Å². The molecule has 7 heteroatoms. The van der Waals surface area contributed by atoms with Gasteiger partial charge in [-0.25, -0.2) is 9.78 Å². The van der Waals surface area contributed by atoms with Crippen LogP contribution in [-0.2, 0) is 4.79 Å². The topological polar surface area (TPSA) is 91.2 Å². The molecule has 0 amide bonds. The minimum atomic E-state index is -0.989. The van der Waals surface area contributed by atoms with Crippen molar-refractivity contribution < 1.29 is 9.90 Å². The minimum absolute atomic E-state index is 0.709. The Morgan fingerprint density at radius 3 is 2.92 bits per heavy atom. The van der Waals surface area contributed by atoms with Crippen molar-refractivity contribution in [1.82, 2.24) is 20.3 Å². The molecule has 2 N–H and O–H groups in total. The van der Waals surface area contributed by atoms with Crippen molar-refractivity contribution in [1.29, 1.82) is 0 Å². The van der Waals surface area contributed by atoms with Crippen LogP contribution in [0.3, 0.4) is 0 Å². The van der Waals surface area contributed by atoms with E-state index in [9.17, 15) is 4.79 Å². The van der Waals surface area contributed by atoms with E-state index >= 15 is 0 Å². The number of aromatic nitrogens is 3. The summed E-state index contributed by atoms with van der Waals surface area (Å²) >= 11 is 0. The molecule has 2 aromatic heterocycles. The van der Waals surface area contributed by atoms with Crippen LogP contribution in [0.4, 0.5) is 5.82 Å². The molecule has 0 atom stereocenters. The second-order valence-corrected chi connectivity index (χ2v) is 5.53. The maximum absolute atomic E-state index is 10.6. The Kier molecular flexibility index (Phi) is 5.12. The Bertz CT molecular complexity index is 739. The smallest absolute Gasteiger partial charge is 0.328 e. The highest BCUT2D eigenvalue weighted by Gasteiger charge is 2.12. The number of pyridine rings is 1. The van der Waals surface area contributed by atoms with E-state index in [-0.39, 0.29) is 0 Å². The van der Waals surface area contributed by atoms with Crippen molar-refractivity contribution >= 4 is 17.9 Å². The predicted octanol–water partition coefficient (Wildman–Crippen LogP) is 1.44. The van der Waals surface area contributed by atoms with Crippen molar-refractivity contribution in [3.63, 3.8) is 0 Å². The lowest BCUT2D eigenvalue weighted by atomic mass is 10.1. The Balaban J connectivity index is 1.85. The zero-order valence-electron chi connectivity index (χ0n) is 13.2. The molecular formula is C17H19N5O2. The fraction of sp³-hybridized carbons (Fsp3) is 0.294. The van der Waals surface area contributed by atoms with Gasteiger partial charge in [0.25, 0.3) is 0 Å². The third-order valence-electron chi connectivity index (χ3n) is 3.76. The van der Waals surface area contributed by atoms with Crippen LogP contribution >= 0.6 is 0 Å². The summed E-state index contributed by atoms with van der Waals surface area (Å²) in [7, 11) is 0. The van der Waals surface area contributed by atoms with Crippen LogP contribution in [-0.4, -0.2) is 52.2 Å². The summed E-state index contributed by atoms with van der Waals surface area (Å²) < 4.78 is 0. The number of hydrogen-bond donors (Lipinski definition) is 2. The third kappa shape index (κ3) is 4.14. The zero-order valence-corrected chi connectivity index (χ0v) is 13.2. The van der Waals surface area contributed by atoms with E-state index in [1.165, 1.54) is 6.08 Å². The molecule has 7 nitrogen and oxygen atoms in total. The van der Waals surface area contributed by atoms with Crippen LogP contribution in [0.2, 0.25) is 0 Å². The van der Waals surface area contributed by atoms with Crippen molar-refractivity contribution in [2.45, 2.75) is 6.42 Å². The third-order valence-corrected chi connectivity index (χ3v) is 3.76. The lowest BCUT2D eigenvalue weighted by Gasteiger charge is -2.21. The van der Waals surface area contributed by atoms with E-state index in [2.05, 4.69) is 20.2 Å². The van der Waals surface area contributed by atoms with E-state index in [0.29, 0.717) is 5.56 Å². The standard InChI is InChI=1S/C17H19N5O2/c23-17(24)3-2-13-8-14(10-19-9-13)15-11-20-12-16(21-15)22-6-1-4-18-5-7-22/h2-3,8-12,18H,1,4-7H2,(H,23,24)/b3-2+. The second-order valence-electron chi connectivity index (χ2n) is 5.53. The average Bonchev–Trinajstić information content (AvgIpc) is 2.90. The molecule has 0 saturated carbocycles. The monoisotopic (exact) mass is 325 g/mol. The van der Waals surface area contributed by atoms with Crippen molar-refractivity contribution in [2.75, 3.05) is 31.1 Å². The summed E-state index contributed by atoms with van der Waals surface area (Å²) in [5, 5.41) is 12.1. The quantitative estimate of drug-likeness (QED) is 0.822. The van der Waals surface area contributed by atoms with Gasteiger partial charge >= 0.3 is 5.97 Å². The van der Waals surface area contributed by atoms with Gasteiger partial charge in [0.05, 0.1) is 18.1 Å². The van der Waals surface area contributed by atoms with Gasteiger partial charge in [-0.15, -0.1) is 0 Å². The van der Waals surface area contributed by atoms with Gasteiger partial charge in [-0.2, -0.15) is 0 Å². The highest BCUT2D eigenvalue weighted by molar-refractivity contribution is 5.85. The first kappa shape index (κ1) is 16.1. The molecule has 3 rings (SSSR count). The maximum atomic E-state index is 10.6. The summed E-state index contributed by atoms with van der Waals surface area (Å²) in [6, 6.07) is 1.85. The lowest BCUT2D eigenvalue weighted by molar-refractivity contribution is -0.131. The van der Waals surface area contributed by atoms with Gasteiger partial charge < -0.3 is 15.3 Å². The Hall–Kier alpha value is -2.80. The Labute approximate surface area is 140 Å². The molecule has 124 valence electrons. The summed E-state index contributed by atoms with van der Waals surface area (Å²) in [6.45, 7) is 3.80. The van der Waals surface area contributed by atoms with Gasteiger partial charge in [-0.3, -0.25) is 9.97 Å². The first-order chi connectivity index (χ1) is 11.7. The number of carboxylic acids is 1. The van der Waals surface area contributed by atoms with E-state index in [1.807, 2.05) is 6.07 Å². The first-order valence-electron chi connectivity index (χ1n) is 7.86. The highest BCUT2D eigenvalue weighted by Crippen LogP contribution is 2.20. The molecule has 2 aromatic rings. The molecule has 0 aliphatic carbocycles. The Morgan fingerprint density at radius 1 is 1.17 bits per heavy atom. The van der Waals surface area contributed by atoms with Gasteiger partial charge in [0, 0.05) is 43.7 Å². The molecule has 1 aliphatic heterocycles. The van der Waals surface area contributed by atoms with E-state index in [1.54, 1.807) is 24.8 Å². The molecular weight excluding hydrogens is 306 g/mol. The number of nitrogens with zero attached hydrogens (tertiary/aromatic N) is 4. The van der Waals surface area contributed by atoms with Crippen molar-refractivity contribution in [2.24, 2.45) is 0 Å². The van der Waals surface area contributed by atoms with Crippen molar-refractivity contribution in [3.8, 4) is 11.3 Å². The minimum Gasteiger partial charge on any atom is -0.478 e. The fourth-order valence-electron chi connectivity index (χ4n) is 2.58. The predicted molar refractivity (Wildman–Crippen MR) is 91.6 cm³/mol. The second kappa shape index (κ2) is 7.65. The molecule has 3 heterocycles. The van der Waals surface area contributed by atoms with Crippen LogP contribution in [0.5, 0.6) is 0 Å². The number of anilines is 1. The summed E-state index contributed by atoms with van der Waals surface area (Å²) in [6.07, 6.45) is 10.5. The van der Waals surface area contributed by atoms with Crippen LogP contribution in [0.25, 0.3) is 17.3 Å². The van der Waals surface area contributed by atoms with Crippen LogP contribution in [0, 0.1) is 0 Å². The fourth-order valence-corrected chi connectivity index (χ4v) is 2.58. The van der Waals surface area contributed by atoms with E-state index < -0.39 is 5.97 Å². The van der Waals surface area contributed by atoms with Gasteiger partial charge in [-0.1, -0.05) is 0 Å². The number of rotatable bonds is 4.